The lowest BCUT2D eigenvalue weighted by Crippen LogP contribution is -1.95. The highest BCUT2D eigenvalue weighted by atomic mass is 16.1. The SMILES string of the molecule is CC(=O)c1cc(-c2ccnc3ccccc23)cc(-c2ccnc3ccccc23)c1. The molecule has 0 radical (unpaired) electrons. The van der Waals surface area contributed by atoms with Crippen molar-refractivity contribution in [3.63, 3.8) is 0 Å². The van der Waals surface area contributed by atoms with E-state index in [1.165, 1.54) is 0 Å². The summed E-state index contributed by atoms with van der Waals surface area (Å²) < 4.78 is 0. The number of carbonyl (C=O) groups is 1. The summed E-state index contributed by atoms with van der Waals surface area (Å²) in [5, 5.41) is 2.14. The van der Waals surface area contributed by atoms with Gasteiger partial charge in [0.2, 0.25) is 0 Å². The Hall–Kier alpha value is -3.85. The third kappa shape index (κ3) is 3.07. The molecule has 5 aromatic rings. The van der Waals surface area contributed by atoms with E-state index in [2.05, 4.69) is 28.2 Å². The van der Waals surface area contributed by atoms with Crippen molar-refractivity contribution in [2.45, 2.75) is 6.92 Å². The van der Waals surface area contributed by atoms with Crippen LogP contribution in [0.25, 0.3) is 44.1 Å². The number of carbonyl (C=O) groups excluding carboxylic acids is 1. The Balaban J connectivity index is 1.80. The minimum Gasteiger partial charge on any atom is -0.295 e. The molecule has 0 aliphatic heterocycles. The maximum absolute atomic E-state index is 12.3. The molecular formula is C26H18N2O. The summed E-state index contributed by atoms with van der Waals surface area (Å²) >= 11 is 0. The number of para-hydroxylation sites is 2. The number of Topliss-reactive ketones (excluding diaryl/α,β-unsaturated/α-hetero) is 1. The smallest absolute Gasteiger partial charge is 0.159 e. The van der Waals surface area contributed by atoms with Crippen molar-refractivity contribution in [2.24, 2.45) is 0 Å². The number of fused-ring (bicyclic) bond motifs is 2. The number of hydrogen-bond donors (Lipinski definition) is 0. The molecule has 0 aliphatic carbocycles. The van der Waals surface area contributed by atoms with E-state index in [1.807, 2.05) is 73.1 Å². The lowest BCUT2D eigenvalue weighted by Gasteiger charge is -2.12. The van der Waals surface area contributed by atoms with Gasteiger partial charge in [0.15, 0.2) is 5.78 Å². The average molecular weight is 374 g/mol. The first-order chi connectivity index (χ1) is 14.2. The second-order valence-corrected chi connectivity index (χ2v) is 7.11. The van der Waals surface area contributed by atoms with Crippen molar-refractivity contribution in [1.29, 1.82) is 0 Å². The molecule has 2 heterocycles. The lowest BCUT2D eigenvalue weighted by molar-refractivity contribution is 0.101. The summed E-state index contributed by atoms with van der Waals surface area (Å²) in [5.41, 5.74) is 6.72. The summed E-state index contributed by atoms with van der Waals surface area (Å²) in [7, 11) is 0. The first-order valence-electron chi connectivity index (χ1n) is 9.55. The summed E-state index contributed by atoms with van der Waals surface area (Å²) in [5.74, 6) is 0.0461. The Kier molecular flexibility index (Phi) is 4.14. The molecule has 0 aliphatic rings. The van der Waals surface area contributed by atoms with Gasteiger partial charge in [0.05, 0.1) is 11.0 Å². The highest BCUT2D eigenvalue weighted by Crippen LogP contribution is 2.34. The molecule has 0 N–H and O–H groups in total. The van der Waals surface area contributed by atoms with Gasteiger partial charge in [-0.15, -0.1) is 0 Å². The highest BCUT2D eigenvalue weighted by Gasteiger charge is 2.12. The third-order valence-corrected chi connectivity index (χ3v) is 5.26. The van der Waals surface area contributed by atoms with Gasteiger partial charge in [-0.3, -0.25) is 14.8 Å². The fourth-order valence-corrected chi connectivity index (χ4v) is 3.84. The minimum absolute atomic E-state index is 0.0461. The van der Waals surface area contributed by atoms with E-state index in [9.17, 15) is 4.79 Å². The molecule has 3 aromatic carbocycles. The van der Waals surface area contributed by atoms with Gasteiger partial charge < -0.3 is 0 Å². The molecule has 138 valence electrons. The largest absolute Gasteiger partial charge is 0.295 e. The monoisotopic (exact) mass is 374 g/mol. The van der Waals surface area contributed by atoms with Crippen LogP contribution in [0.5, 0.6) is 0 Å². The molecule has 0 saturated carbocycles. The Morgan fingerprint density at radius 1 is 0.655 bits per heavy atom. The minimum atomic E-state index is 0.0461. The first-order valence-corrected chi connectivity index (χ1v) is 9.55. The van der Waals surface area contributed by atoms with Gasteiger partial charge in [-0.05, 0) is 71.6 Å². The molecule has 3 heteroatoms. The van der Waals surface area contributed by atoms with Gasteiger partial charge in [0, 0.05) is 28.7 Å². The molecule has 3 nitrogen and oxygen atoms in total. The van der Waals surface area contributed by atoms with Gasteiger partial charge in [0.25, 0.3) is 0 Å². The van der Waals surface area contributed by atoms with Crippen LogP contribution < -0.4 is 0 Å². The van der Waals surface area contributed by atoms with E-state index >= 15 is 0 Å². The van der Waals surface area contributed by atoms with Crippen LogP contribution in [0, 0.1) is 0 Å². The number of benzene rings is 3. The summed E-state index contributed by atoms with van der Waals surface area (Å²) in [6.07, 6.45) is 3.64. The molecular weight excluding hydrogens is 356 g/mol. The van der Waals surface area contributed by atoms with Crippen molar-refractivity contribution in [3.8, 4) is 22.3 Å². The molecule has 0 unspecified atom stereocenters. The zero-order valence-electron chi connectivity index (χ0n) is 16.0. The fourth-order valence-electron chi connectivity index (χ4n) is 3.84. The first kappa shape index (κ1) is 17.3. The van der Waals surface area contributed by atoms with Crippen LogP contribution in [0.3, 0.4) is 0 Å². The highest BCUT2D eigenvalue weighted by molar-refractivity contribution is 6.02. The van der Waals surface area contributed by atoms with Gasteiger partial charge in [-0.25, -0.2) is 0 Å². The Morgan fingerprint density at radius 3 is 1.62 bits per heavy atom. The van der Waals surface area contributed by atoms with E-state index in [0.29, 0.717) is 5.56 Å². The number of rotatable bonds is 3. The van der Waals surface area contributed by atoms with Gasteiger partial charge in [-0.2, -0.15) is 0 Å². The molecule has 5 rings (SSSR count). The molecule has 29 heavy (non-hydrogen) atoms. The van der Waals surface area contributed by atoms with Gasteiger partial charge in [-0.1, -0.05) is 36.4 Å². The number of aromatic nitrogens is 2. The molecule has 0 bridgehead atoms. The number of ketones is 1. The molecule has 0 amide bonds. The van der Waals surface area contributed by atoms with Crippen LogP contribution in [0.2, 0.25) is 0 Å². The van der Waals surface area contributed by atoms with Crippen molar-refractivity contribution < 1.29 is 4.79 Å². The number of pyridine rings is 2. The number of nitrogens with zero attached hydrogens (tertiary/aromatic N) is 2. The van der Waals surface area contributed by atoms with E-state index in [0.717, 1.165) is 44.1 Å². The van der Waals surface area contributed by atoms with E-state index in [1.54, 1.807) is 6.92 Å². The van der Waals surface area contributed by atoms with Crippen LogP contribution in [-0.4, -0.2) is 15.8 Å². The van der Waals surface area contributed by atoms with Crippen molar-refractivity contribution in [1.82, 2.24) is 9.97 Å². The zero-order chi connectivity index (χ0) is 19.8. The second-order valence-electron chi connectivity index (χ2n) is 7.11. The summed E-state index contributed by atoms with van der Waals surface area (Å²) in [6.45, 7) is 1.61. The third-order valence-electron chi connectivity index (χ3n) is 5.26. The quantitative estimate of drug-likeness (QED) is 0.347. The maximum atomic E-state index is 12.3. The standard InChI is InChI=1S/C26H18N2O/c1-17(29)18-14-19(21-10-12-27-25-8-4-2-6-23(21)25)16-20(15-18)22-11-13-28-26-9-5-3-7-24(22)26/h2-16H,1H3. The van der Waals surface area contributed by atoms with Gasteiger partial charge in [0.1, 0.15) is 0 Å². The van der Waals surface area contributed by atoms with Crippen LogP contribution in [-0.2, 0) is 0 Å². The van der Waals surface area contributed by atoms with Crippen LogP contribution >= 0.6 is 0 Å². The molecule has 0 spiro atoms. The molecule has 2 aromatic heterocycles. The predicted molar refractivity (Wildman–Crippen MR) is 118 cm³/mol. The normalized spacial score (nSPS) is 11.1. The Labute approximate surface area is 168 Å². The Bertz CT molecular complexity index is 1280. The van der Waals surface area contributed by atoms with Crippen molar-refractivity contribution in [3.05, 3.63) is 96.8 Å². The lowest BCUT2D eigenvalue weighted by atomic mass is 9.92. The summed E-state index contributed by atoms with van der Waals surface area (Å²) in [4.78, 5) is 21.3. The average Bonchev–Trinajstić information content (AvgIpc) is 2.78. The molecule has 0 atom stereocenters. The zero-order valence-corrected chi connectivity index (χ0v) is 16.0. The topological polar surface area (TPSA) is 42.9 Å². The van der Waals surface area contributed by atoms with Crippen LogP contribution in [0.1, 0.15) is 17.3 Å². The van der Waals surface area contributed by atoms with E-state index < -0.39 is 0 Å². The van der Waals surface area contributed by atoms with Crippen LogP contribution in [0.15, 0.2) is 91.3 Å². The fraction of sp³-hybridized carbons (Fsp3) is 0.0385. The summed E-state index contributed by atoms with van der Waals surface area (Å²) in [6, 6.07) is 26.3. The van der Waals surface area contributed by atoms with Crippen molar-refractivity contribution >= 4 is 27.6 Å². The molecule has 0 saturated heterocycles. The predicted octanol–water partition coefficient (Wildman–Crippen LogP) is 6.32. The maximum Gasteiger partial charge on any atom is 0.159 e. The van der Waals surface area contributed by atoms with Crippen molar-refractivity contribution in [2.75, 3.05) is 0 Å². The van der Waals surface area contributed by atoms with E-state index in [4.69, 9.17) is 0 Å². The molecule has 0 fully saturated rings. The van der Waals surface area contributed by atoms with Crippen LogP contribution in [0.4, 0.5) is 0 Å². The number of hydrogen-bond acceptors (Lipinski definition) is 3. The Morgan fingerprint density at radius 2 is 1.14 bits per heavy atom. The second kappa shape index (κ2) is 6.95. The van der Waals surface area contributed by atoms with E-state index in [-0.39, 0.29) is 5.78 Å². The van der Waals surface area contributed by atoms with Gasteiger partial charge >= 0.3 is 0 Å².